The van der Waals surface area contributed by atoms with E-state index in [1.807, 2.05) is 0 Å². The van der Waals surface area contributed by atoms with Gasteiger partial charge in [0.25, 0.3) is 0 Å². The van der Waals surface area contributed by atoms with Crippen molar-refractivity contribution in [2.75, 3.05) is 7.11 Å². The highest BCUT2D eigenvalue weighted by Gasteiger charge is 2.28. The number of Topliss-reactive ketones (excluding diaryl/α,β-unsaturated/α-hetero) is 1. The van der Waals surface area contributed by atoms with Crippen LogP contribution in [0, 0.1) is 0 Å². The number of carbonyl (C=O) groups is 1. The number of unbranched alkanes of at least 4 members (excludes halogenated alkanes) is 2. The second-order valence-electron chi connectivity index (χ2n) is 8.03. The van der Waals surface area contributed by atoms with E-state index in [9.17, 15) is 4.79 Å². The molecule has 0 amide bonds. The molecule has 24 heavy (non-hydrogen) atoms. The van der Waals surface area contributed by atoms with Crippen LogP contribution in [0.3, 0.4) is 0 Å². The summed E-state index contributed by atoms with van der Waals surface area (Å²) < 4.78 is 5.85. The molecule has 2 rings (SSSR count). The van der Waals surface area contributed by atoms with Crippen LogP contribution in [0.1, 0.15) is 89.2 Å². The summed E-state index contributed by atoms with van der Waals surface area (Å²) in [5.74, 6) is 1.83. The van der Waals surface area contributed by atoms with Crippen molar-refractivity contribution in [3.05, 3.63) is 23.3 Å². The van der Waals surface area contributed by atoms with Crippen molar-refractivity contribution in [1.82, 2.24) is 0 Å². The Hall–Kier alpha value is -1.09. The third kappa shape index (κ3) is 4.30. The minimum Gasteiger partial charge on any atom is -0.497 e. The van der Waals surface area contributed by atoms with Gasteiger partial charge in [-0.1, -0.05) is 52.2 Å². The van der Waals surface area contributed by atoms with Gasteiger partial charge in [0.15, 0.2) is 0 Å². The van der Waals surface area contributed by atoms with Gasteiger partial charge in [0.1, 0.15) is 11.5 Å². The van der Waals surface area contributed by atoms with Crippen molar-refractivity contribution in [1.29, 1.82) is 0 Å². The summed E-state index contributed by atoms with van der Waals surface area (Å²) >= 11 is 0. The van der Waals surface area contributed by atoms with Gasteiger partial charge in [0.05, 0.1) is 7.11 Å². The van der Waals surface area contributed by atoms with Crippen LogP contribution in [-0.4, -0.2) is 23.1 Å². The lowest BCUT2D eigenvalue weighted by Gasteiger charge is -2.31. The van der Waals surface area contributed by atoms with Gasteiger partial charge in [-0.25, -0.2) is 0 Å². The Bertz CT molecular complexity index is 577. The largest absolute Gasteiger partial charge is 0.497 e. The van der Waals surface area contributed by atoms with E-state index >= 15 is 0 Å². The molecule has 1 fully saturated rings. The molecule has 0 N–H and O–H groups in total. The van der Waals surface area contributed by atoms with Gasteiger partial charge >= 0.3 is 0 Å². The Labute approximate surface area is 150 Å². The van der Waals surface area contributed by atoms with E-state index in [1.54, 1.807) is 7.11 Å². The number of methoxy groups -OCH3 is 1. The minimum absolute atomic E-state index is 0.195. The van der Waals surface area contributed by atoms with Gasteiger partial charge in [-0.3, -0.25) is 4.79 Å². The summed E-state index contributed by atoms with van der Waals surface area (Å²) in [5.41, 5.74) is 2.91. The zero-order chi connectivity index (χ0) is 17.7. The fraction of sp³-hybridized carbons (Fsp3) is 0.667. The molecule has 1 aliphatic rings. The zero-order valence-corrected chi connectivity index (χ0v) is 18.2. The Kier molecular flexibility index (Phi) is 6.68. The van der Waals surface area contributed by atoms with Crippen LogP contribution in [0.2, 0.25) is 0 Å². The van der Waals surface area contributed by atoms with Crippen molar-refractivity contribution < 1.29 is 9.53 Å². The molecule has 0 spiro atoms. The Morgan fingerprint density at radius 3 is 2.67 bits per heavy atom. The van der Waals surface area contributed by atoms with Crippen molar-refractivity contribution in [3.63, 3.8) is 0 Å². The number of ketones is 1. The number of hydrogen-bond donors (Lipinski definition) is 0. The summed E-state index contributed by atoms with van der Waals surface area (Å²) in [5, 5.41) is 1.40. The van der Waals surface area contributed by atoms with Crippen molar-refractivity contribution in [2.45, 2.75) is 83.5 Å². The summed E-state index contributed by atoms with van der Waals surface area (Å²) in [7, 11) is 2.77. The SMILES string of the molecule is CCCCCC(C)(C)c1ccc(C2CCCC(=O)C2)c(OC)c1[SiH3]. The lowest BCUT2D eigenvalue weighted by atomic mass is 9.77. The highest BCUT2D eigenvalue weighted by atomic mass is 28.1. The fourth-order valence-electron chi connectivity index (χ4n) is 4.28. The lowest BCUT2D eigenvalue weighted by Crippen LogP contribution is -2.28. The van der Waals surface area contributed by atoms with Gasteiger partial charge in [-0.2, -0.15) is 0 Å². The van der Waals surface area contributed by atoms with Crippen LogP contribution < -0.4 is 9.92 Å². The molecule has 2 nitrogen and oxygen atoms in total. The molecular formula is C21H34O2Si. The normalized spacial score (nSPS) is 18.8. The van der Waals surface area contributed by atoms with Crippen LogP contribution in [0.4, 0.5) is 0 Å². The summed E-state index contributed by atoms with van der Waals surface area (Å²) in [6.07, 6.45) is 8.66. The van der Waals surface area contributed by atoms with Gasteiger partial charge in [0.2, 0.25) is 0 Å². The maximum absolute atomic E-state index is 11.9. The van der Waals surface area contributed by atoms with E-state index < -0.39 is 0 Å². The van der Waals surface area contributed by atoms with Crippen LogP contribution in [0.25, 0.3) is 0 Å². The monoisotopic (exact) mass is 346 g/mol. The van der Waals surface area contributed by atoms with E-state index in [0.29, 0.717) is 18.1 Å². The predicted octanol–water partition coefficient (Wildman–Crippen LogP) is 3.77. The highest BCUT2D eigenvalue weighted by Crippen LogP contribution is 2.38. The summed E-state index contributed by atoms with van der Waals surface area (Å²) in [6.45, 7) is 6.99. The molecule has 1 aromatic carbocycles. The second-order valence-corrected chi connectivity index (χ2v) is 9.03. The first-order valence-electron chi connectivity index (χ1n) is 9.60. The van der Waals surface area contributed by atoms with E-state index in [4.69, 9.17) is 4.74 Å². The first kappa shape index (κ1) is 19.2. The Morgan fingerprint density at radius 2 is 2.04 bits per heavy atom. The number of rotatable bonds is 7. The van der Waals surface area contributed by atoms with E-state index in [0.717, 1.165) is 35.3 Å². The van der Waals surface area contributed by atoms with Crippen LogP contribution in [-0.2, 0) is 10.2 Å². The Morgan fingerprint density at radius 1 is 1.29 bits per heavy atom. The first-order chi connectivity index (χ1) is 11.4. The molecular weight excluding hydrogens is 312 g/mol. The standard InChI is InChI=1S/C21H34O2Si/c1-5-6-7-13-21(2,3)18-12-11-17(19(23-4)20(18)24)15-9-8-10-16(22)14-15/h11-12,15H,5-10,13-14H2,1-4,24H3. The highest BCUT2D eigenvalue weighted by molar-refractivity contribution is 6.35. The van der Waals surface area contributed by atoms with Crippen LogP contribution >= 0.6 is 0 Å². The number of hydrogen-bond acceptors (Lipinski definition) is 2. The lowest BCUT2D eigenvalue weighted by molar-refractivity contribution is -0.120. The maximum Gasteiger partial charge on any atom is 0.133 e. The number of ether oxygens (including phenoxy) is 1. The molecule has 1 atom stereocenters. The first-order valence-corrected chi connectivity index (χ1v) is 10.6. The van der Waals surface area contributed by atoms with Crippen LogP contribution in [0.5, 0.6) is 5.75 Å². The molecule has 0 saturated heterocycles. The van der Waals surface area contributed by atoms with E-state index in [1.165, 1.54) is 42.0 Å². The van der Waals surface area contributed by atoms with E-state index in [-0.39, 0.29) is 5.41 Å². The fourth-order valence-corrected chi connectivity index (χ4v) is 5.62. The zero-order valence-electron chi connectivity index (χ0n) is 16.2. The molecule has 1 unspecified atom stereocenters. The molecule has 0 radical (unpaired) electrons. The maximum atomic E-state index is 11.9. The molecule has 1 aromatic rings. The molecule has 3 heteroatoms. The Balaban J connectivity index is 2.31. The molecule has 0 heterocycles. The minimum atomic E-state index is 0.195. The smallest absolute Gasteiger partial charge is 0.133 e. The van der Waals surface area contributed by atoms with Crippen molar-refractivity contribution in [2.24, 2.45) is 0 Å². The van der Waals surface area contributed by atoms with Crippen LogP contribution in [0.15, 0.2) is 12.1 Å². The number of carbonyl (C=O) groups excluding carboxylic acids is 1. The van der Waals surface area contributed by atoms with Crippen molar-refractivity contribution in [3.8, 4) is 5.75 Å². The van der Waals surface area contributed by atoms with Gasteiger partial charge in [0, 0.05) is 23.1 Å². The third-order valence-corrected chi connectivity index (χ3v) is 6.69. The molecule has 1 saturated carbocycles. The third-order valence-electron chi connectivity index (χ3n) is 5.70. The quantitative estimate of drug-likeness (QED) is 0.555. The van der Waals surface area contributed by atoms with Gasteiger partial charge in [-0.05, 0) is 46.9 Å². The molecule has 1 aliphatic carbocycles. The topological polar surface area (TPSA) is 26.3 Å². The average Bonchev–Trinajstić information content (AvgIpc) is 2.54. The van der Waals surface area contributed by atoms with Gasteiger partial charge in [-0.15, -0.1) is 0 Å². The molecule has 0 aromatic heterocycles. The predicted molar refractivity (Wildman–Crippen MR) is 106 cm³/mol. The van der Waals surface area contributed by atoms with Gasteiger partial charge < -0.3 is 4.74 Å². The summed E-state index contributed by atoms with van der Waals surface area (Å²) in [6, 6.07) is 4.58. The molecule has 134 valence electrons. The molecule has 0 aliphatic heterocycles. The van der Waals surface area contributed by atoms with Crippen molar-refractivity contribution >= 4 is 21.2 Å². The van der Waals surface area contributed by atoms with E-state index in [2.05, 4.69) is 32.9 Å². The second kappa shape index (κ2) is 8.33. The average molecular weight is 347 g/mol. The number of benzene rings is 1. The summed E-state index contributed by atoms with van der Waals surface area (Å²) in [4.78, 5) is 11.9. The molecule has 0 bridgehead atoms.